The van der Waals surface area contributed by atoms with Gasteiger partial charge in [0, 0.05) is 31.2 Å². The molecule has 0 radical (unpaired) electrons. The molecule has 0 spiro atoms. The molecule has 0 aromatic heterocycles. The second-order valence-corrected chi connectivity index (χ2v) is 6.06. The van der Waals surface area contributed by atoms with Crippen molar-refractivity contribution in [3.05, 3.63) is 34.9 Å². The number of likely N-dealkylation sites (N-methyl/N-ethyl adjacent to an activating group) is 1. The summed E-state index contributed by atoms with van der Waals surface area (Å²) in [5, 5.41) is 11.8. The summed E-state index contributed by atoms with van der Waals surface area (Å²) in [5.74, 6) is 0.161. The third kappa shape index (κ3) is 3.95. The molecule has 0 saturated carbocycles. The van der Waals surface area contributed by atoms with Crippen molar-refractivity contribution >= 4 is 5.84 Å². The van der Waals surface area contributed by atoms with E-state index in [2.05, 4.69) is 41.9 Å². The van der Waals surface area contributed by atoms with Crippen LogP contribution in [0.3, 0.4) is 0 Å². The van der Waals surface area contributed by atoms with Gasteiger partial charge >= 0.3 is 0 Å². The smallest absolute Gasteiger partial charge is 0.170 e. The monoisotopic (exact) mass is 290 g/mol. The Balaban J connectivity index is 2.12. The molecular weight excluding hydrogens is 264 g/mol. The molecule has 0 bridgehead atoms. The van der Waals surface area contributed by atoms with E-state index in [4.69, 9.17) is 10.9 Å². The van der Waals surface area contributed by atoms with Crippen LogP contribution in [-0.2, 0) is 6.54 Å². The number of oxime groups is 1. The minimum absolute atomic E-state index is 0.161. The van der Waals surface area contributed by atoms with Crippen LogP contribution >= 0.6 is 0 Å². The maximum absolute atomic E-state index is 8.75. The number of nitrogens with two attached hydrogens (primary N) is 1. The number of hydrogen-bond acceptors (Lipinski definition) is 4. The first-order valence-electron chi connectivity index (χ1n) is 7.51. The van der Waals surface area contributed by atoms with E-state index >= 15 is 0 Å². The molecule has 116 valence electrons. The molecule has 3 N–H and O–H groups in total. The van der Waals surface area contributed by atoms with Crippen LogP contribution in [0.1, 0.15) is 30.0 Å². The maximum Gasteiger partial charge on any atom is 0.170 e. The van der Waals surface area contributed by atoms with Crippen molar-refractivity contribution in [1.29, 1.82) is 0 Å². The van der Waals surface area contributed by atoms with Crippen LogP contribution in [0.4, 0.5) is 0 Å². The lowest BCUT2D eigenvalue weighted by molar-refractivity contribution is 0.194. The normalized spacial score (nSPS) is 22.2. The van der Waals surface area contributed by atoms with Crippen LogP contribution in [0.2, 0.25) is 0 Å². The minimum Gasteiger partial charge on any atom is -0.409 e. The Hall–Kier alpha value is -1.59. The SMILES string of the molecule is Cc1cc(/C(N)=N/O)ccc1CN1CCCN(C)CC1C. The van der Waals surface area contributed by atoms with Crippen LogP contribution < -0.4 is 5.73 Å². The molecule has 1 atom stereocenters. The maximum atomic E-state index is 8.75. The quantitative estimate of drug-likeness (QED) is 0.384. The van der Waals surface area contributed by atoms with Crippen LogP contribution in [0.15, 0.2) is 23.4 Å². The van der Waals surface area contributed by atoms with Crippen molar-refractivity contribution in [1.82, 2.24) is 9.80 Å². The average Bonchev–Trinajstić information content (AvgIpc) is 2.61. The van der Waals surface area contributed by atoms with Crippen molar-refractivity contribution in [2.45, 2.75) is 32.9 Å². The van der Waals surface area contributed by atoms with Crippen LogP contribution in [0.25, 0.3) is 0 Å². The van der Waals surface area contributed by atoms with Gasteiger partial charge in [0.25, 0.3) is 0 Å². The Morgan fingerprint density at radius 2 is 2.19 bits per heavy atom. The Bertz CT molecular complexity index is 515. The number of benzene rings is 1. The molecule has 1 unspecified atom stereocenters. The zero-order valence-electron chi connectivity index (χ0n) is 13.2. The van der Waals surface area contributed by atoms with E-state index in [-0.39, 0.29) is 5.84 Å². The van der Waals surface area contributed by atoms with Gasteiger partial charge in [0.1, 0.15) is 0 Å². The molecule has 21 heavy (non-hydrogen) atoms. The molecule has 1 fully saturated rings. The summed E-state index contributed by atoms with van der Waals surface area (Å²) in [6, 6.07) is 6.55. The van der Waals surface area contributed by atoms with Gasteiger partial charge in [-0.15, -0.1) is 0 Å². The Morgan fingerprint density at radius 1 is 1.43 bits per heavy atom. The van der Waals surface area contributed by atoms with E-state index < -0.39 is 0 Å². The highest BCUT2D eigenvalue weighted by molar-refractivity contribution is 5.97. The lowest BCUT2D eigenvalue weighted by Gasteiger charge is -2.28. The topological polar surface area (TPSA) is 65.1 Å². The summed E-state index contributed by atoms with van der Waals surface area (Å²) in [4.78, 5) is 4.94. The Labute approximate surface area is 127 Å². The fraction of sp³-hybridized carbons (Fsp3) is 0.562. The fourth-order valence-corrected chi connectivity index (χ4v) is 2.97. The van der Waals surface area contributed by atoms with Gasteiger partial charge in [0.05, 0.1) is 0 Å². The van der Waals surface area contributed by atoms with Crippen molar-refractivity contribution in [2.24, 2.45) is 10.9 Å². The molecule has 1 heterocycles. The molecule has 0 aliphatic carbocycles. The number of amidine groups is 1. The van der Waals surface area contributed by atoms with Gasteiger partial charge in [-0.1, -0.05) is 17.3 Å². The van der Waals surface area contributed by atoms with Crippen molar-refractivity contribution in [3.8, 4) is 0 Å². The second kappa shape index (κ2) is 6.91. The van der Waals surface area contributed by atoms with Crippen LogP contribution in [0.5, 0.6) is 0 Å². The van der Waals surface area contributed by atoms with E-state index in [0.717, 1.165) is 25.2 Å². The third-order valence-electron chi connectivity index (χ3n) is 4.30. The van der Waals surface area contributed by atoms with E-state index in [1.165, 1.54) is 24.1 Å². The highest BCUT2D eigenvalue weighted by Gasteiger charge is 2.20. The minimum atomic E-state index is 0.161. The van der Waals surface area contributed by atoms with E-state index in [9.17, 15) is 0 Å². The van der Waals surface area contributed by atoms with E-state index in [1.807, 2.05) is 12.1 Å². The molecule has 2 rings (SSSR count). The summed E-state index contributed by atoms with van der Waals surface area (Å²) in [6.07, 6.45) is 1.21. The highest BCUT2D eigenvalue weighted by Crippen LogP contribution is 2.17. The number of rotatable bonds is 3. The van der Waals surface area contributed by atoms with Crippen LogP contribution in [-0.4, -0.2) is 53.6 Å². The Kier molecular flexibility index (Phi) is 5.20. The van der Waals surface area contributed by atoms with Crippen molar-refractivity contribution < 1.29 is 5.21 Å². The molecule has 1 aromatic rings. The van der Waals surface area contributed by atoms with Crippen molar-refractivity contribution in [2.75, 3.05) is 26.7 Å². The van der Waals surface area contributed by atoms with E-state index in [0.29, 0.717) is 6.04 Å². The number of hydrogen-bond donors (Lipinski definition) is 2. The predicted octanol–water partition coefficient (Wildman–Crippen LogP) is 1.62. The summed E-state index contributed by atoms with van der Waals surface area (Å²) < 4.78 is 0. The van der Waals surface area contributed by atoms with Gasteiger partial charge in [-0.25, -0.2) is 0 Å². The van der Waals surface area contributed by atoms with Gasteiger partial charge in [-0.3, -0.25) is 4.90 Å². The van der Waals surface area contributed by atoms with Gasteiger partial charge in [-0.05, 0) is 51.1 Å². The molecule has 5 nitrogen and oxygen atoms in total. The van der Waals surface area contributed by atoms with E-state index in [1.54, 1.807) is 0 Å². The van der Waals surface area contributed by atoms with Gasteiger partial charge < -0.3 is 15.8 Å². The molecular formula is C16H26N4O. The van der Waals surface area contributed by atoms with Gasteiger partial charge in [-0.2, -0.15) is 0 Å². The van der Waals surface area contributed by atoms with Gasteiger partial charge in [0.15, 0.2) is 5.84 Å². The van der Waals surface area contributed by atoms with Gasteiger partial charge in [0.2, 0.25) is 0 Å². The summed E-state index contributed by atoms with van der Waals surface area (Å²) in [6.45, 7) is 8.74. The summed E-state index contributed by atoms with van der Waals surface area (Å²) in [7, 11) is 2.19. The molecule has 5 heteroatoms. The number of nitrogens with zero attached hydrogens (tertiary/aromatic N) is 3. The summed E-state index contributed by atoms with van der Waals surface area (Å²) in [5.41, 5.74) is 8.90. The lowest BCUT2D eigenvalue weighted by Crippen LogP contribution is -2.37. The summed E-state index contributed by atoms with van der Waals surface area (Å²) >= 11 is 0. The predicted molar refractivity (Wildman–Crippen MR) is 85.7 cm³/mol. The average molecular weight is 290 g/mol. The van der Waals surface area contributed by atoms with Crippen LogP contribution in [0, 0.1) is 6.92 Å². The highest BCUT2D eigenvalue weighted by atomic mass is 16.4. The standard InChI is InChI=1S/C16H26N4O/c1-12-9-14(16(17)18-21)5-6-15(12)11-20-8-4-7-19(3)10-13(20)2/h5-6,9,13,21H,4,7-8,10-11H2,1-3H3,(H2,17,18). The number of aryl methyl sites for hydroxylation is 1. The van der Waals surface area contributed by atoms with Crippen molar-refractivity contribution in [3.63, 3.8) is 0 Å². The zero-order valence-corrected chi connectivity index (χ0v) is 13.2. The molecule has 1 aliphatic rings. The first kappa shape index (κ1) is 15.8. The molecule has 1 aromatic carbocycles. The second-order valence-electron chi connectivity index (χ2n) is 6.06. The molecule has 1 aliphatic heterocycles. The zero-order chi connectivity index (χ0) is 15.4. The molecule has 1 saturated heterocycles. The fourth-order valence-electron chi connectivity index (χ4n) is 2.97. The largest absolute Gasteiger partial charge is 0.409 e. The Morgan fingerprint density at radius 3 is 2.86 bits per heavy atom. The molecule has 0 amide bonds. The third-order valence-corrected chi connectivity index (χ3v) is 4.30. The first-order valence-corrected chi connectivity index (χ1v) is 7.51. The first-order chi connectivity index (χ1) is 10.0. The lowest BCUT2D eigenvalue weighted by atomic mass is 10.0.